The molecule has 0 amide bonds. The average molecular weight is 227 g/mol. The molecule has 0 atom stereocenters. The normalized spacial score (nSPS) is 10.1. The van der Waals surface area contributed by atoms with Gasteiger partial charge in [-0.3, -0.25) is 0 Å². The van der Waals surface area contributed by atoms with E-state index in [2.05, 4.69) is 18.8 Å². The second-order valence-electron chi connectivity index (χ2n) is 3.85. The molecule has 0 unspecified atom stereocenters. The van der Waals surface area contributed by atoms with Crippen molar-refractivity contribution < 1.29 is 9.53 Å². The summed E-state index contributed by atoms with van der Waals surface area (Å²) in [5.74, 6) is -0.314. The second kappa shape index (κ2) is 12.2. The van der Waals surface area contributed by atoms with Crippen LogP contribution in [0.15, 0.2) is 12.7 Å². The molecule has 0 aromatic heterocycles. The Morgan fingerprint density at radius 3 is 2.44 bits per heavy atom. The van der Waals surface area contributed by atoms with Crippen LogP contribution in [0.5, 0.6) is 0 Å². The minimum absolute atomic E-state index is 0.314. The van der Waals surface area contributed by atoms with E-state index in [4.69, 9.17) is 4.74 Å². The average Bonchev–Trinajstić information content (AvgIpc) is 2.31. The Hall–Kier alpha value is -0.830. The number of carbonyl (C=O) groups is 1. The van der Waals surface area contributed by atoms with Crippen molar-refractivity contribution >= 4 is 5.97 Å². The molecule has 0 fully saturated rings. The number of esters is 1. The van der Waals surface area contributed by atoms with Crippen LogP contribution in [0.4, 0.5) is 0 Å². The highest BCUT2D eigenvalue weighted by molar-refractivity contribution is 5.81. The van der Waals surface area contributed by atoms with Gasteiger partial charge in [0.1, 0.15) is 0 Å². The van der Waals surface area contributed by atoms with Crippen LogP contribution in [0.25, 0.3) is 0 Å². The first-order chi connectivity index (χ1) is 7.81. The smallest absolute Gasteiger partial charge is 0.330 e. The second-order valence-corrected chi connectivity index (χ2v) is 3.85. The predicted octanol–water partition coefficient (Wildman–Crippen LogP) is 2.67. The summed E-state index contributed by atoms with van der Waals surface area (Å²) in [7, 11) is 0. The van der Waals surface area contributed by atoms with Crippen molar-refractivity contribution in [2.45, 2.75) is 45.4 Å². The summed E-state index contributed by atoms with van der Waals surface area (Å²) in [5, 5.41) is 3.31. The largest absolute Gasteiger partial charge is 0.463 e. The molecule has 0 aliphatic carbocycles. The van der Waals surface area contributed by atoms with E-state index in [0.29, 0.717) is 6.61 Å². The van der Waals surface area contributed by atoms with Gasteiger partial charge in [0.05, 0.1) is 6.61 Å². The lowest BCUT2D eigenvalue weighted by atomic mass is 10.1. The summed E-state index contributed by atoms with van der Waals surface area (Å²) in [4.78, 5) is 10.7. The molecule has 0 saturated heterocycles. The molecule has 1 N–H and O–H groups in total. The van der Waals surface area contributed by atoms with Gasteiger partial charge in [0.15, 0.2) is 0 Å². The van der Waals surface area contributed by atoms with E-state index in [1.54, 1.807) is 0 Å². The molecule has 0 aromatic carbocycles. The van der Waals surface area contributed by atoms with Gasteiger partial charge in [-0.1, -0.05) is 39.2 Å². The first-order valence-electron chi connectivity index (χ1n) is 6.31. The molecule has 0 saturated carbocycles. The number of hydrogen-bond donors (Lipinski definition) is 1. The van der Waals surface area contributed by atoms with Crippen molar-refractivity contribution in [3.05, 3.63) is 12.7 Å². The Kier molecular flexibility index (Phi) is 11.6. The van der Waals surface area contributed by atoms with Gasteiger partial charge in [0.2, 0.25) is 0 Å². The minimum Gasteiger partial charge on any atom is -0.463 e. The molecule has 0 bridgehead atoms. The van der Waals surface area contributed by atoms with E-state index in [9.17, 15) is 4.79 Å². The molecule has 0 spiro atoms. The van der Waals surface area contributed by atoms with Crippen molar-refractivity contribution in [3.63, 3.8) is 0 Å². The monoisotopic (exact) mass is 227 g/mol. The topological polar surface area (TPSA) is 38.3 Å². The number of rotatable bonds is 11. The standard InChI is InChI=1S/C13H25NO2/c1-3-13(15)16-12-10-8-6-5-7-9-11-14-4-2/h3,14H,1,4-12H2,2H3. The van der Waals surface area contributed by atoms with Crippen LogP contribution in [0.3, 0.4) is 0 Å². The molecule has 0 aliphatic rings. The molecular weight excluding hydrogens is 202 g/mol. The number of nitrogens with one attached hydrogen (secondary N) is 1. The van der Waals surface area contributed by atoms with Crippen LogP contribution < -0.4 is 5.32 Å². The van der Waals surface area contributed by atoms with Crippen LogP contribution in [-0.2, 0) is 9.53 Å². The minimum atomic E-state index is -0.314. The molecule has 16 heavy (non-hydrogen) atoms. The van der Waals surface area contributed by atoms with Crippen LogP contribution in [0.1, 0.15) is 45.4 Å². The van der Waals surface area contributed by atoms with Gasteiger partial charge in [-0.2, -0.15) is 0 Å². The van der Waals surface area contributed by atoms with Crippen molar-refractivity contribution in [1.29, 1.82) is 0 Å². The number of hydrogen-bond acceptors (Lipinski definition) is 3. The Balaban J connectivity index is 2.98. The van der Waals surface area contributed by atoms with Gasteiger partial charge >= 0.3 is 5.97 Å². The molecule has 0 heterocycles. The first kappa shape index (κ1) is 15.2. The van der Waals surface area contributed by atoms with Crippen molar-refractivity contribution in [3.8, 4) is 0 Å². The summed E-state index contributed by atoms with van der Waals surface area (Å²) < 4.78 is 4.88. The summed E-state index contributed by atoms with van der Waals surface area (Å²) in [6.45, 7) is 8.20. The maximum atomic E-state index is 10.7. The zero-order chi connectivity index (χ0) is 12.1. The lowest BCUT2D eigenvalue weighted by molar-refractivity contribution is -0.137. The molecule has 0 rings (SSSR count). The van der Waals surface area contributed by atoms with Crippen LogP contribution in [0.2, 0.25) is 0 Å². The molecule has 0 aliphatic heterocycles. The molecule has 0 radical (unpaired) electrons. The Labute approximate surface area is 99.3 Å². The summed E-state index contributed by atoms with van der Waals surface area (Å²) >= 11 is 0. The lowest BCUT2D eigenvalue weighted by Crippen LogP contribution is -2.13. The quantitative estimate of drug-likeness (QED) is 0.335. The molecule has 3 heteroatoms. The first-order valence-corrected chi connectivity index (χ1v) is 6.31. The third-order valence-electron chi connectivity index (χ3n) is 2.41. The highest BCUT2D eigenvalue weighted by atomic mass is 16.5. The third kappa shape index (κ3) is 11.2. The van der Waals surface area contributed by atoms with E-state index in [-0.39, 0.29) is 5.97 Å². The number of ether oxygens (including phenoxy) is 1. The summed E-state index contributed by atoms with van der Waals surface area (Å²) in [5.41, 5.74) is 0. The van der Waals surface area contributed by atoms with Gasteiger partial charge in [-0.15, -0.1) is 0 Å². The van der Waals surface area contributed by atoms with E-state index >= 15 is 0 Å². The maximum absolute atomic E-state index is 10.7. The van der Waals surface area contributed by atoms with Crippen molar-refractivity contribution in [1.82, 2.24) is 5.32 Å². The van der Waals surface area contributed by atoms with Crippen LogP contribution >= 0.6 is 0 Å². The van der Waals surface area contributed by atoms with E-state index in [1.807, 2.05) is 0 Å². The maximum Gasteiger partial charge on any atom is 0.330 e. The lowest BCUT2D eigenvalue weighted by Gasteiger charge is -2.03. The Morgan fingerprint density at radius 2 is 1.81 bits per heavy atom. The van der Waals surface area contributed by atoms with E-state index < -0.39 is 0 Å². The highest BCUT2D eigenvalue weighted by Gasteiger charge is 1.95. The zero-order valence-corrected chi connectivity index (χ0v) is 10.5. The van der Waals surface area contributed by atoms with Gasteiger partial charge in [-0.25, -0.2) is 4.79 Å². The predicted molar refractivity (Wildman–Crippen MR) is 67.4 cm³/mol. The highest BCUT2D eigenvalue weighted by Crippen LogP contribution is 2.05. The SMILES string of the molecule is C=CC(=O)OCCCCCCCCNCC. The fourth-order valence-corrected chi connectivity index (χ4v) is 1.47. The molecule has 3 nitrogen and oxygen atoms in total. The van der Waals surface area contributed by atoms with Crippen LogP contribution in [-0.4, -0.2) is 25.7 Å². The van der Waals surface area contributed by atoms with E-state index in [1.165, 1.54) is 31.8 Å². The van der Waals surface area contributed by atoms with Crippen LogP contribution in [0, 0.1) is 0 Å². The summed E-state index contributed by atoms with van der Waals surface area (Å²) in [6, 6.07) is 0. The van der Waals surface area contributed by atoms with Gasteiger partial charge in [0.25, 0.3) is 0 Å². The van der Waals surface area contributed by atoms with Gasteiger partial charge < -0.3 is 10.1 Å². The third-order valence-corrected chi connectivity index (χ3v) is 2.41. The molecular formula is C13H25NO2. The van der Waals surface area contributed by atoms with Gasteiger partial charge in [0, 0.05) is 6.08 Å². The van der Waals surface area contributed by atoms with Gasteiger partial charge in [-0.05, 0) is 25.9 Å². The molecule has 0 aromatic rings. The number of unbranched alkanes of at least 4 members (excludes halogenated alkanes) is 5. The van der Waals surface area contributed by atoms with Crippen molar-refractivity contribution in [2.24, 2.45) is 0 Å². The fraction of sp³-hybridized carbons (Fsp3) is 0.769. The fourth-order valence-electron chi connectivity index (χ4n) is 1.47. The molecule has 94 valence electrons. The number of carbonyl (C=O) groups excluding carboxylic acids is 1. The zero-order valence-electron chi connectivity index (χ0n) is 10.5. The van der Waals surface area contributed by atoms with Crippen molar-refractivity contribution in [2.75, 3.05) is 19.7 Å². The summed E-state index contributed by atoms with van der Waals surface area (Å²) in [6.07, 6.45) is 8.39. The van der Waals surface area contributed by atoms with E-state index in [0.717, 1.165) is 25.9 Å². The Bertz CT molecular complexity index is 181. The Morgan fingerprint density at radius 1 is 1.19 bits per heavy atom.